The largest absolute Gasteiger partial charge is 0.496 e. The van der Waals surface area contributed by atoms with Crippen molar-refractivity contribution in [3.8, 4) is 22.6 Å². The minimum atomic E-state index is -0.695. The molecule has 0 aliphatic rings. The van der Waals surface area contributed by atoms with E-state index >= 15 is 0 Å². The van der Waals surface area contributed by atoms with E-state index in [2.05, 4.69) is 0 Å². The molecule has 0 amide bonds. The molecule has 0 unspecified atom stereocenters. The normalized spacial score (nSPS) is 11.5. The Bertz CT molecular complexity index is 888. The van der Waals surface area contributed by atoms with E-state index in [9.17, 15) is 4.79 Å². The third kappa shape index (κ3) is 4.92. The number of carbonyl (C=O) groups is 1. The van der Waals surface area contributed by atoms with Gasteiger partial charge in [0.2, 0.25) is 0 Å². The summed E-state index contributed by atoms with van der Waals surface area (Å²) in [7, 11) is 1.66. The molecule has 4 heteroatoms. The molecule has 144 valence electrons. The Hall–Kier alpha value is -3.27. The average molecular weight is 376 g/mol. The lowest BCUT2D eigenvalue weighted by Crippen LogP contribution is -2.31. The molecule has 0 aromatic heterocycles. The molecule has 3 aromatic rings. The number of hydrogen-bond acceptors (Lipinski definition) is 4. The fourth-order valence-corrected chi connectivity index (χ4v) is 3.00. The van der Waals surface area contributed by atoms with Gasteiger partial charge in [0, 0.05) is 12.0 Å². The highest BCUT2D eigenvalue weighted by Crippen LogP contribution is 2.31. The van der Waals surface area contributed by atoms with Gasteiger partial charge in [-0.1, -0.05) is 60.7 Å². The quantitative estimate of drug-likeness (QED) is 0.524. The molecular weight excluding hydrogens is 352 g/mol. The SMILES string of the molecule is CCOC(=O)[C@H](Cc1ccccc1)Oc1ccc(-c2ccccc2OC)cc1. The average Bonchev–Trinajstić information content (AvgIpc) is 2.75. The summed E-state index contributed by atoms with van der Waals surface area (Å²) in [6.07, 6.45) is -0.243. The number of benzene rings is 3. The zero-order valence-electron chi connectivity index (χ0n) is 16.1. The second-order valence-electron chi connectivity index (χ2n) is 6.27. The van der Waals surface area contributed by atoms with Gasteiger partial charge in [-0.3, -0.25) is 0 Å². The Labute approximate surface area is 165 Å². The summed E-state index contributed by atoms with van der Waals surface area (Å²) < 4.78 is 16.6. The van der Waals surface area contributed by atoms with Crippen molar-refractivity contribution in [3.05, 3.63) is 84.4 Å². The van der Waals surface area contributed by atoms with Gasteiger partial charge in [0.25, 0.3) is 0 Å². The maximum atomic E-state index is 12.4. The first kappa shape index (κ1) is 19.5. The van der Waals surface area contributed by atoms with E-state index in [1.54, 1.807) is 14.0 Å². The lowest BCUT2D eigenvalue weighted by molar-refractivity contribution is -0.151. The van der Waals surface area contributed by atoms with Crippen LogP contribution in [-0.4, -0.2) is 25.8 Å². The van der Waals surface area contributed by atoms with Gasteiger partial charge in [-0.15, -0.1) is 0 Å². The van der Waals surface area contributed by atoms with Crippen LogP contribution in [-0.2, 0) is 16.0 Å². The second-order valence-corrected chi connectivity index (χ2v) is 6.27. The molecule has 0 spiro atoms. The van der Waals surface area contributed by atoms with E-state index < -0.39 is 6.10 Å². The number of para-hydroxylation sites is 1. The van der Waals surface area contributed by atoms with Gasteiger partial charge >= 0.3 is 5.97 Å². The zero-order valence-corrected chi connectivity index (χ0v) is 16.1. The lowest BCUT2D eigenvalue weighted by atomic mass is 10.0. The maximum absolute atomic E-state index is 12.4. The molecule has 3 aromatic carbocycles. The number of rotatable bonds is 8. The first-order valence-corrected chi connectivity index (χ1v) is 9.32. The summed E-state index contributed by atoms with van der Waals surface area (Å²) in [6.45, 7) is 2.11. The van der Waals surface area contributed by atoms with Crippen LogP contribution in [0.5, 0.6) is 11.5 Å². The van der Waals surface area contributed by atoms with Gasteiger partial charge < -0.3 is 14.2 Å². The van der Waals surface area contributed by atoms with Gasteiger partial charge in [0.15, 0.2) is 6.10 Å². The summed E-state index contributed by atoms with van der Waals surface area (Å²) >= 11 is 0. The van der Waals surface area contributed by atoms with Crippen molar-refractivity contribution in [1.29, 1.82) is 0 Å². The van der Waals surface area contributed by atoms with Crippen molar-refractivity contribution in [3.63, 3.8) is 0 Å². The Morgan fingerprint density at radius 3 is 2.25 bits per heavy atom. The lowest BCUT2D eigenvalue weighted by Gasteiger charge is -2.18. The fraction of sp³-hybridized carbons (Fsp3) is 0.208. The highest BCUT2D eigenvalue weighted by Gasteiger charge is 2.22. The minimum Gasteiger partial charge on any atom is -0.496 e. The molecule has 1 atom stereocenters. The fourth-order valence-electron chi connectivity index (χ4n) is 3.00. The van der Waals surface area contributed by atoms with E-state index in [0.717, 1.165) is 22.4 Å². The number of esters is 1. The van der Waals surface area contributed by atoms with Crippen LogP contribution in [0.15, 0.2) is 78.9 Å². The molecule has 28 heavy (non-hydrogen) atoms. The molecule has 0 N–H and O–H groups in total. The molecule has 0 saturated carbocycles. The third-order valence-corrected chi connectivity index (χ3v) is 4.36. The van der Waals surface area contributed by atoms with Gasteiger partial charge in [-0.25, -0.2) is 4.79 Å². The first-order valence-electron chi connectivity index (χ1n) is 9.32. The first-order chi connectivity index (χ1) is 13.7. The molecule has 0 radical (unpaired) electrons. The van der Waals surface area contributed by atoms with E-state index in [0.29, 0.717) is 18.8 Å². The van der Waals surface area contributed by atoms with Crippen molar-refractivity contribution in [1.82, 2.24) is 0 Å². The van der Waals surface area contributed by atoms with Crippen LogP contribution in [0.1, 0.15) is 12.5 Å². The Balaban J connectivity index is 1.78. The Morgan fingerprint density at radius 2 is 1.57 bits per heavy atom. The molecule has 0 aliphatic heterocycles. The topological polar surface area (TPSA) is 44.8 Å². The van der Waals surface area contributed by atoms with Crippen molar-refractivity contribution < 1.29 is 19.0 Å². The predicted molar refractivity (Wildman–Crippen MR) is 110 cm³/mol. The van der Waals surface area contributed by atoms with Crippen molar-refractivity contribution in [2.45, 2.75) is 19.4 Å². The standard InChI is InChI=1S/C24H24O4/c1-3-27-24(25)23(17-18-9-5-4-6-10-18)28-20-15-13-19(14-16-20)21-11-7-8-12-22(21)26-2/h4-16,23H,3,17H2,1-2H3/t23-/m0/s1. The van der Waals surface area contributed by atoms with Crippen molar-refractivity contribution >= 4 is 5.97 Å². The summed E-state index contributed by atoms with van der Waals surface area (Å²) in [6, 6.07) is 25.3. The highest BCUT2D eigenvalue weighted by molar-refractivity contribution is 5.76. The van der Waals surface area contributed by atoms with Crippen LogP contribution >= 0.6 is 0 Å². The monoisotopic (exact) mass is 376 g/mol. The predicted octanol–water partition coefficient (Wildman–Crippen LogP) is 4.92. The zero-order chi connectivity index (χ0) is 19.8. The van der Waals surface area contributed by atoms with Crippen molar-refractivity contribution in [2.24, 2.45) is 0 Å². The minimum absolute atomic E-state index is 0.320. The molecular formula is C24H24O4. The number of hydrogen-bond donors (Lipinski definition) is 0. The summed E-state index contributed by atoms with van der Waals surface area (Å²) in [5.41, 5.74) is 3.04. The number of ether oxygens (including phenoxy) is 3. The number of methoxy groups -OCH3 is 1. The van der Waals surface area contributed by atoms with E-state index in [4.69, 9.17) is 14.2 Å². The highest BCUT2D eigenvalue weighted by atomic mass is 16.6. The Kier molecular flexibility index (Phi) is 6.68. The molecule has 0 fully saturated rings. The van der Waals surface area contributed by atoms with Gasteiger partial charge in [0.1, 0.15) is 11.5 Å². The van der Waals surface area contributed by atoms with Gasteiger partial charge in [-0.05, 0) is 36.2 Å². The van der Waals surface area contributed by atoms with Crippen molar-refractivity contribution in [2.75, 3.05) is 13.7 Å². The van der Waals surface area contributed by atoms with Crippen LogP contribution in [0.3, 0.4) is 0 Å². The maximum Gasteiger partial charge on any atom is 0.347 e. The summed E-state index contributed by atoms with van der Waals surface area (Å²) in [5, 5.41) is 0. The molecule has 0 heterocycles. The molecule has 0 aliphatic carbocycles. The molecule has 3 rings (SSSR count). The molecule has 0 saturated heterocycles. The summed E-state index contributed by atoms with van der Waals surface area (Å²) in [5.74, 6) is 1.07. The number of carbonyl (C=O) groups excluding carboxylic acids is 1. The van der Waals surface area contributed by atoms with Crippen LogP contribution in [0.25, 0.3) is 11.1 Å². The van der Waals surface area contributed by atoms with Crippen LogP contribution < -0.4 is 9.47 Å². The third-order valence-electron chi connectivity index (χ3n) is 4.36. The van der Waals surface area contributed by atoms with E-state index in [-0.39, 0.29) is 5.97 Å². The van der Waals surface area contributed by atoms with Crippen LogP contribution in [0.4, 0.5) is 0 Å². The summed E-state index contributed by atoms with van der Waals surface area (Å²) in [4.78, 5) is 12.4. The van der Waals surface area contributed by atoms with E-state index in [1.807, 2.05) is 78.9 Å². The van der Waals surface area contributed by atoms with Crippen LogP contribution in [0, 0.1) is 0 Å². The second kappa shape index (κ2) is 9.60. The Morgan fingerprint density at radius 1 is 0.893 bits per heavy atom. The van der Waals surface area contributed by atoms with E-state index in [1.165, 1.54) is 0 Å². The molecule has 4 nitrogen and oxygen atoms in total. The van der Waals surface area contributed by atoms with Gasteiger partial charge in [0.05, 0.1) is 13.7 Å². The molecule has 0 bridgehead atoms. The van der Waals surface area contributed by atoms with Gasteiger partial charge in [-0.2, -0.15) is 0 Å². The van der Waals surface area contributed by atoms with Crippen LogP contribution in [0.2, 0.25) is 0 Å². The smallest absolute Gasteiger partial charge is 0.347 e.